The van der Waals surface area contributed by atoms with Gasteiger partial charge in [-0.25, -0.2) is 0 Å². The molecule has 1 aliphatic heterocycles. The van der Waals surface area contributed by atoms with Crippen molar-refractivity contribution in [3.05, 3.63) is 21.9 Å². The van der Waals surface area contributed by atoms with Crippen molar-refractivity contribution in [1.29, 1.82) is 0 Å². The topological polar surface area (TPSA) is 15.3 Å². The second-order valence-corrected chi connectivity index (χ2v) is 7.68. The van der Waals surface area contributed by atoms with Crippen molar-refractivity contribution in [2.24, 2.45) is 0 Å². The molecule has 1 fully saturated rings. The first-order chi connectivity index (χ1) is 9.58. The predicted octanol–water partition coefficient (Wildman–Crippen LogP) is 3.84. The molecule has 0 radical (unpaired) electrons. The molecular weight excluding hydrogens is 264 g/mol. The lowest BCUT2D eigenvalue weighted by Crippen LogP contribution is -2.52. The van der Waals surface area contributed by atoms with Crippen LogP contribution in [0.3, 0.4) is 0 Å². The van der Waals surface area contributed by atoms with E-state index < -0.39 is 0 Å². The van der Waals surface area contributed by atoms with Gasteiger partial charge in [-0.1, -0.05) is 13.8 Å². The highest BCUT2D eigenvalue weighted by Crippen LogP contribution is 2.24. The van der Waals surface area contributed by atoms with Crippen LogP contribution < -0.4 is 5.32 Å². The average Bonchev–Trinajstić information content (AvgIpc) is 2.74. The molecule has 0 aromatic carbocycles. The monoisotopic (exact) mass is 294 g/mol. The third-order valence-corrected chi connectivity index (χ3v) is 5.92. The Bertz CT molecular complexity index is 409. The van der Waals surface area contributed by atoms with Gasteiger partial charge in [0.25, 0.3) is 0 Å². The van der Waals surface area contributed by atoms with Crippen LogP contribution in [0.4, 0.5) is 0 Å². The highest BCUT2D eigenvalue weighted by atomic mass is 32.1. The Morgan fingerprint density at radius 2 is 2.10 bits per heavy atom. The molecular formula is C17H30N2S. The van der Waals surface area contributed by atoms with Crippen molar-refractivity contribution in [3.8, 4) is 0 Å². The number of hydrogen-bond donors (Lipinski definition) is 1. The Morgan fingerprint density at radius 1 is 1.35 bits per heavy atom. The normalized spacial score (nSPS) is 21.6. The molecule has 1 unspecified atom stereocenters. The van der Waals surface area contributed by atoms with Gasteiger partial charge in [0.05, 0.1) is 0 Å². The van der Waals surface area contributed by atoms with Gasteiger partial charge in [0.1, 0.15) is 0 Å². The van der Waals surface area contributed by atoms with Crippen LogP contribution in [-0.4, -0.2) is 36.1 Å². The summed E-state index contributed by atoms with van der Waals surface area (Å²) in [6.07, 6.45) is 4.92. The Balaban J connectivity index is 2.02. The van der Waals surface area contributed by atoms with Crippen LogP contribution >= 0.6 is 11.3 Å². The molecule has 1 N–H and O–H groups in total. The first kappa shape index (κ1) is 16.0. The minimum atomic E-state index is 0.329. The minimum absolute atomic E-state index is 0.329. The van der Waals surface area contributed by atoms with Crippen molar-refractivity contribution in [1.82, 2.24) is 10.2 Å². The average molecular weight is 295 g/mol. The summed E-state index contributed by atoms with van der Waals surface area (Å²) in [4.78, 5) is 5.68. The number of hydrogen-bond acceptors (Lipinski definition) is 3. The summed E-state index contributed by atoms with van der Waals surface area (Å²) in [5.41, 5.74) is 0.329. The van der Waals surface area contributed by atoms with Crippen LogP contribution in [0.5, 0.6) is 0 Å². The summed E-state index contributed by atoms with van der Waals surface area (Å²) >= 11 is 1.95. The molecule has 2 heterocycles. The van der Waals surface area contributed by atoms with E-state index in [1.165, 1.54) is 55.1 Å². The number of rotatable bonds is 5. The SMILES string of the molecule is CCC1(CC)CN(C(C)Cc2ccc(C)s2)CCCN1. The Morgan fingerprint density at radius 3 is 2.70 bits per heavy atom. The van der Waals surface area contributed by atoms with E-state index in [1.807, 2.05) is 11.3 Å². The maximum atomic E-state index is 3.81. The first-order valence-corrected chi connectivity index (χ1v) is 8.94. The van der Waals surface area contributed by atoms with E-state index in [1.54, 1.807) is 0 Å². The van der Waals surface area contributed by atoms with Gasteiger partial charge in [0, 0.05) is 27.9 Å². The summed E-state index contributed by atoms with van der Waals surface area (Å²) in [6.45, 7) is 12.9. The van der Waals surface area contributed by atoms with E-state index in [0.717, 1.165) is 0 Å². The Labute approximate surface area is 128 Å². The first-order valence-electron chi connectivity index (χ1n) is 8.13. The van der Waals surface area contributed by atoms with E-state index in [2.05, 4.69) is 50.0 Å². The molecule has 3 heteroatoms. The number of nitrogens with one attached hydrogen (secondary N) is 1. The van der Waals surface area contributed by atoms with Crippen LogP contribution in [0.1, 0.15) is 49.8 Å². The fourth-order valence-electron chi connectivity index (χ4n) is 3.27. The molecule has 0 bridgehead atoms. The maximum absolute atomic E-state index is 3.81. The number of nitrogens with zero attached hydrogens (tertiary/aromatic N) is 1. The quantitative estimate of drug-likeness (QED) is 0.887. The van der Waals surface area contributed by atoms with Gasteiger partial charge in [-0.3, -0.25) is 4.90 Å². The van der Waals surface area contributed by atoms with Gasteiger partial charge >= 0.3 is 0 Å². The van der Waals surface area contributed by atoms with Gasteiger partial charge < -0.3 is 5.32 Å². The minimum Gasteiger partial charge on any atom is -0.310 e. The van der Waals surface area contributed by atoms with E-state index in [4.69, 9.17) is 0 Å². The van der Waals surface area contributed by atoms with Crippen molar-refractivity contribution in [3.63, 3.8) is 0 Å². The molecule has 2 rings (SSSR count). The standard InChI is InChI=1S/C17H30N2S/c1-5-17(6-2)13-19(11-7-10-18-17)14(3)12-16-9-8-15(4)20-16/h8-9,14,18H,5-7,10-13H2,1-4H3. The highest BCUT2D eigenvalue weighted by Gasteiger charge is 2.31. The van der Waals surface area contributed by atoms with Crippen LogP contribution in [-0.2, 0) is 6.42 Å². The van der Waals surface area contributed by atoms with Gasteiger partial charge in [-0.15, -0.1) is 11.3 Å². The zero-order chi connectivity index (χ0) is 14.6. The van der Waals surface area contributed by atoms with Crippen LogP contribution in [0.2, 0.25) is 0 Å². The van der Waals surface area contributed by atoms with Crippen LogP contribution in [0.15, 0.2) is 12.1 Å². The summed E-state index contributed by atoms with van der Waals surface area (Å²) in [5, 5.41) is 3.81. The van der Waals surface area contributed by atoms with Crippen LogP contribution in [0, 0.1) is 6.92 Å². The van der Waals surface area contributed by atoms with E-state index >= 15 is 0 Å². The lowest BCUT2D eigenvalue weighted by molar-refractivity contribution is 0.156. The molecule has 1 aliphatic rings. The maximum Gasteiger partial charge on any atom is 0.0303 e. The third kappa shape index (κ3) is 3.84. The Kier molecular flexibility index (Phi) is 5.65. The zero-order valence-electron chi connectivity index (χ0n) is 13.5. The van der Waals surface area contributed by atoms with Crippen LogP contribution in [0.25, 0.3) is 0 Å². The van der Waals surface area contributed by atoms with Crippen molar-refractivity contribution in [2.45, 2.75) is 65.0 Å². The molecule has 0 spiro atoms. The molecule has 1 aromatic rings. The number of aryl methyl sites for hydroxylation is 1. The van der Waals surface area contributed by atoms with Crippen molar-refractivity contribution < 1.29 is 0 Å². The number of thiophene rings is 1. The lowest BCUT2D eigenvalue weighted by atomic mass is 9.92. The summed E-state index contributed by atoms with van der Waals surface area (Å²) < 4.78 is 0. The molecule has 0 amide bonds. The molecule has 1 aromatic heterocycles. The largest absolute Gasteiger partial charge is 0.310 e. The van der Waals surface area contributed by atoms with Gasteiger partial charge in [-0.2, -0.15) is 0 Å². The summed E-state index contributed by atoms with van der Waals surface area (Å²) in [7, 11) is 0. The zero-order valence-corrected chi connectivity index (χ0v) is 14.4. The third-order valence-electron chi connectivity index (χ3n) is 4.90. The molecule has 1 atom stereocenters. The van der Waals surface area contributed by atoms with E-state index in [9.17, 15) is 0 Å². The van der Waals surface area contributed by atoms with Gasteiger partial charge in [0.2, 0.25) is 0 Å². The Hall–Kier alpha value is -0.380. The molecule has 20 heavy (non-hydrogen) atoms. The predicted molar refractivity (Wildman–Crippen MR) is 89.7 cm³/mol. The molecule has 114 valence electrons. The van der Waals surface area contributed by atoms with Crippen molar-refractivity contribution >= 4 is 11.3 Å². The smallest absolute Gasteiger partial charge is 0.0303 e. The van der Waals surface area contributed by atoms with Crippen molar-refractivity contribution in [2.75, 3.05) is 19.6 Å². The summed E-state index contributed by atoms with van der Waals surface area (Å²) in [5.74, 6) is 0. The fraction of sp³-hybridized carbons (Fsp3) is 0.765. The fourth-order valence-corrected chi connectivity index (χ4v) is 4.28. The lowest BCUT2D eigenvalue weighted by Gasteiger charge is -2.38. The van der Waals surface area contributed by atoms with Gasteiger partial charge in [0.15, 0.2) is 0 Å². The molecule has 2 nitrogen and oxygen atoms in total. The molecule has 0 aliphatic carbocycles. The second kappa shape index (κ2) is 7.06. The molecule has 1 saturated heterocycles. The molecule has 0 saturated carbocycles. The highest BCUT2D eigenvalue weighted by molar-refractivity contribution is 7.11. The van der Waals surface area contributed by atoms with E-state index in [-0.39, 0.29) is 0 Å². The van der Waals surface area contributed by atoms with Gasteiger partial charge in [-0.05, 0) is 64.8 Å². The van der Waals surface area contributed by atoms with E-state index in [0.29, 0.717) is 11.6 Å². The second-order valence-electron chi connectivity index (χ2n) is 6.30. The summed E-state index contributed by atoms with van der Waals surface area (Å²) in [6, 6.07) is 5.20.